The quantitative estimate of drug-likeness (QED) is 0.780. The Labute approximate surface area is 101 Å². The Balaban J connectivity index is 2.36. The fourth-order valence-corrected chi connectivity index (χ4v) is 1.72. The zero-order valence-corrected chi connectivity index (χ0v) is 10.6. The van der Waals surface area contributed by atoms with Crippen molar-refractivity contribution in [1.82, 2.24) is 14.9 Å². The first-order valence-electron chi connectivity index (χ1n) is 4.94. The fourth-order valence-electron chi connectivity index (χ4n) is 1.24. The highest BCUT2D eigenvalue weighted by Gasteiger charge is 2.20. The van der Waals surface area contributed by atoms with Gasteiger partial charge in [-0.1, -0.05) is 0 Å². The summed E-state index contributed by atoms with van der Waals surface area (Å²) in [6.45, 7) is 2.85. The zero-order valence-electron chi connectivity index (χ0n) is 9.13. The van der Waals surface area contributed by atoms with E-state index in [1.54, 1.807) is 6.20 Å². The predicted molar refractivity (Wildman–Crippen MR) is 64.8 cm³/mol. The Morgan fingerprint density at radius 1 is 1.47 bits per heavy atom. The van der Waals surface area contributed by atoms with Crippen molar-refractivity contribution in [3.8, 4) is 0 Å². The lowest BCUT2D eigenvalue weighted by atomic mass is 10.1. The van der Waals surface area contributed by atoms with Gasteiger partial charge in [0.05, 0.1) is 0 Å². The number of hydrogen-bond donors (Lipinski definition) is 1. The molecule has 1 aromatic rings. The molecule has 5 heteroatoms. The number of halogens is 2. The van der Waals surface area contributed by atoms with E-state index < -0.39 is 0 Å². The van der Waals surface area contributed by atoms with E-state index in [4.69, 9.17) is 23.2 Å². The van der Waals surface area contributed by atoms with Crippen LogP contribution in [-0.2, 0) is 13.5 Å². The van der Waals surface area contributed by atoms with Crippen molar-refractivity contribution in [1.29, 1.82) is 0 Å². The minimum absolute atomic E-state index is 0.186. The van der Waals surface area contributed by atoms with E-state index >= 15 is 0 Å². The molecular weight excluding hydrogens is 233 g/mol. The first-order valence-corrected chi connectivity index (χ1v) is 6.01. The van der Waals surface area contributed by atoms with Crippen LogP contribution in [0.2, 0.25) is 0 Å². The summed E-state index contributed by atoms with van der Waals surface area (Å²) in [4.78, 5) is 4.24. The SMILES string of the molecule is Cn1ccnc1CCNC(C)(CCl)CCl. The van der Waals surface area contributed by atoms with Crippen LogP contribution in [0.25, 0.3) is 0 Å². The van der Waals surface area contributed by atoms with Crippen molar-refractivity contribution in [3.63, 3.8) is 0 Å². The summed E-state index contributed by atoms with van der Waals surface area (Å²) >= 11 is 11.7. The summed E-state index contributed by atoms with van der Waals surface area (Å²) in [6.07, 6.45) is 4.63. The van der Waals surface area contributed by atoms with Crippen LogP contribution in [-0.4, -0.2) is 33.4 Å². The van der Waals surface area contributed by atoms with Crippen LogP contribution in [0.4, 0.5) is 0 Å². The van der Waals surface area contributed by atoms with Gasteiger partial charge in [-0.05, 0) is 6.92 Å². The lowest BCUT2D eigenvalue weighted by Crippen LogP contribution is -2.46. The zero-order chi connectivity index (χ0) is 11.3. The number of imidazole rings is 1. The Hall–Kier alpha value is -0.250. The second kappa shape index (κ2) is 5.73. The molecule has 0 bridgehead atoms. The summed E-state index contributed by atoms with van der Waals surface area (Å²) in [6, 6.07) is 0. The van der Waals surface area contributed by atoms with Crippen molar-refractivity contribution in [2.75, 3.05) is 18.3 Å². The first-order chi connectivity index (χ1) is 7.11. The highest BCUT2D eigenvalue weighted by Crippen LogP contribution is 2.08. The highest BCUT2D eigenvalue weighted by molar-refractivity contribution is 6.22. The predicted octanol–water partition coefficient (Wildman–Crippen LogP) is 1.79. The number of nitrogens with zero attached hydrogens (tertiary/aromatic N) is 2. The van der Waals surface area contributed by atoms with Crippen molar-refractivity contribution in [2.24, 2.45) is 7.05 Å². The molecule has 0 fully saturated rings. The van der Waals surface area contributed by atoms with E-state index in [1.807, 2.05) is 24.7 Å². The molecule has 0 amide bonds. The number of aryl methyl sites for hydroxylation is 1. The Bertz CT molecular complexity index is 295. The number of alkyl halides is 2. The summed E-state index contributed by atoms with van der Waals surface area (Å²) in [7, 11) is 1.99. The van der Waals surface area contributed by atoms with Gasteiger partial charge in [0, 0.05) is 49.7 Å². The Morgan fingerprint density at radius 2 is 2.13 bits per heavy atom. The summed E-state index contributed by atoms with van der Waals surface area (Å²) in [5.41, 5.74) is -0.186. The topological polar surface area (TPSA) is 29.9 Å². The molecule has 1 aromatic heterocycles. The molecule has 0 aliphatic rings. The average Bonchev–Trinajstić information content (AvgIpc) is 2.64. The number of nitrogens with one attached hydrogen (secondary N) is 1. The average molecular weight is 250 g/mol. The van der Waals surface area contributed by atoms with E-state index in [0.29, 0.717) is 11.8 Å². The van der Waals surface area contributed by atoms with Crippen LogP contribution < -0.4 is 5.32 Å². The number of rotatable bonds is 6. The van der Waals surface area contributed by atoms with E-state index in [0.717, 1.165) is 18.8 Å². The lowest BCUT2D eigenvalue weighted by molar-refractivity contribution is 0.436. The van der Waals surface area contributed by atoms with Gasteiger partial charge in [-0.3, -0.25) is 0 Å². The van der Waals surface area contributed by atoms with Gasteiger partial charge >= 0.3 is 0 Å². The maximum Gasteiger partial charge on any atom is 0.109 e. The van der Waals surface area contributed by atoms with Crippen molar-refractivity contribution in [2.45, 2.75) is 18.9 Å². The van der Waals surface area contributed by atoms with Crippen LogP contribution in [0, 0.1) is 0 Å². The van der Waals surface area contributed by atoms with Crippen LogP contribution in [0.15, 0.2) is 12.4 Å². The third kappa shape index (κ3) is 3.67. The molecule has 0 atom stereocenters. The van der Waals surface area contributed by atoms with E-state index in [2.05, 4.69) is 10.3 Å². The Kier molecular flexibility index (Phi) is 4.90. The lowest BCUT2D eigenvalue weighted by Gasteiger charge is -2.25. The largest absolute Gasteiger partial charge is 0.338 e. The molecule has 3 nitrogen and oxygen atoms in total. The normalized spacial score (nSPS) is 12.0. The molecule has 15 heavy (non-hydrogen) atoms. The summed E-state index contributed by atoms with van der Waals surface area (Å²) < 4.78 is 2.01. The molecule has 0 aliphatic carbocycles. The second-order valence-corrected chi connectivity index (χ2v) is 4.49. The van der Waals surface area contributed by atoms with Crippen LogP contribution in [0.3, 0.4) is 0 Å². The molecular formula is C10H17Cl2N3. The Morgan fingerprint density at radius 3 is 2.60 bits per heavy atom. The van der Waals surface area contributed by atoms with Gasteiger partial charge in [-0.2, -0.15) is 0 Å². The van der Waals surface area contributed by atoms with Crippen LogP contribution in [0.1, 0.15) is 12.7 Å². The maximum atomic E-state index is 5.83. The molecule has 0 spiro atoms. The monoisotopic (exact) mass is 249 g/mol. The molecule has 1 heterocycles. The molecule has 1 N–H and O–H groups in total. The summed E-state index contributed by atoms with van der Waals surface area (Å²) in [5, 5.41) is 3.34. The van der Waals surface area contributed by atoms with Crippen molar-refractivity contribution < 1.29 is 0 Å². The third-order valence-corrected chi connectivity index (χ3v) is 3.59. The van der Waals surface area contributed by atoms with E-state index in [9.17, 15) is 0 Å². The number of aromatic nitrogens is 2. The molecule has 0 radical (unpaired) electrons. The minimum Gasteiger partial charge on any atom is -0.338 e. The molecule has 0 aliphatic heterocycles. The van der Waals surface area contributed by atoms with Gasteiger partial charge in [-0.15, -0.1) is 23.2 Å². The van der Waals surface area contributed by atoms with Crippen molar-refractivity contribution in [3.05, 3.63) is 18.2 Å². The minimum atomic E-state index is -0.186. The molecule has 86 valence electrons. The van der Waals surface area contributed by atoms with Gasteiger partial charge in [0.25, 0.3) is 0 Å². The van der Waals surface area contributed by atoms with Gasteiger partial charge in [0.2, 0.25) is 0 Å². The van der Waals surface area contributed by atoms with Crippen molar-refractivity contribution >= 4 is 23.2 Å². The van der Waals surface area contributed by atoms with Gasteiger partial charge in [0.1, 0.15) is 5.82 Å². The van der Waals surface area contributed by atoms with Gasteiger partial charge in [-0.25, -0.2) is 4.98 Å². The molecule has 0 saturated carbocycles. The molecule has 1 rings (SSSR count). The fraction of sp³-hybridized carbons (Fsp3) is 0.700. The smallest absolute Gasteiger partial charge is 0.109 e. The third-order valence-electron chi connectivity index (χ3n) is 2.41. The maximum absolute atomic E-state index is 5.83. The van der Waals surface area contributed by atoms with Gasteiger partial charge in [0.15, 0.2) is 0 Å². The molecule has 0 aromatic carbocycles. The van der Waals surface area contributed by atoms with E-state index in [1.165, 1.54) is 0 Å². The highest BCUT2D eigenvalue weighted by atomic mass is 35.5. The van der Waals surface area contributed by atoms with Crippen LogP contribution in [0.5, 0.6) is 0 Å². The van der Waals surface area contributed by atoms with Crippen LogP contribution >= 0.6 is 23.2 Å². The molecule has 0 saturated heterocycles. The second-order valence-electron chi connectivity index (χ2n) is 3.96. The standard InChI is InChI=1S/C10H17Cl2N3/c1-10(7-11,8-12)14-4-3-9-13-5-6-15(9)2/h5-6,14H,3-4,7-8H2,1-2H3. The molecule has 0 unspecified atom stereocenters. The van der Waals surface area contributed by atoms with Gasteiger partial charge < -0.3 is 9.88 Å². The summed E-state index contributed by atoms with van der Waals surface area (Å²) in [5.74, 6) is 2.09. The first kappa shape index (κ1) is 12.8. The van der Waals surface area contributed by atoms with E-state index in [-0.39, 0.29) is 5.54 Å². The number of hydrogen-bond acceptors (Lipinski definition) is 2.